The number of ether oxygens (including phenoxy) is 3. The van der Waals surface area contributed by atoms with Gasteiger partial charge < -0.3 is 14.2 Å². The van der Waals surface area contributed by atoms with Crippen LogP contribution in [-0.4, -0.2) is 37.9 Å². The normalized spacial score (nSPS) is 13.0. The van der Waals surface area contributed by atoms with Gasteiger partial charge in [-0.3, -0.25) is 9.59 Å². The van der Waals surface area contributed by atoms with Crippen molar-refractivity contribution in [2.75, 3.05) is 19.8 Å². The zero-order valence-electron chi connectivity index (χ0n) is 36.6. The van der Waals surface area contributed by atoms with Crippen LogP contribution >= 0.6 is 0 Å². The lowest BCUT2D eigenvalue weighted by atomic mass is 10.1. The van der Waals surface area contributed by atoms with E-state index in [0.29, 0.717) is 19.4 Å². The molecular weight excluding hydrogens is 693 g/mol. The van der Waals surface area contributed by atoms with Crippen LogP contribution in [-0.2, 0) is 23.8 Å². The van der Waals surface area contributed by atoms with Crippen molar-refractivity contribution >= 4 is 11.9 Å². The summed E-state index contributed by atoms with van der Waals surface area (Å²) < 4.78 is 17.2. The maximum absolute atomic E-state index is 12.7. The van der Waals surface area contributed by atoms with Gasteiger partial charge in [-0.05, 0) is 89.9 Å². The Morgan fingerprint density at radius 2 is 0.821 bits per heavy atom. The maximum Gasteiger partial charge on any atom is 0.306 e. The molecule has 56 heavy (non-hydrogen) atoms. The van der Waals surface area contributed by atoms with E-state index in [1.165, 1.54) is 83.5 Å². The van der Waals surface area contributed by atoms with Crippen molar-refractivity contribution in [1.29, 1.82) is 0 Å². The molecule has 0 bridgehead atoms. The van der Waals surface area contributed by atoms with Crippen molar-refractivity contribution in [1.82, 2.24) is 0 Å². The summed E-state index contributed by atoms with van der Waals surface area (Å²) in [6.07, 6.45) is 60.2. The van der Waals surface area contributed by atoms with E-state index in [9.17, 15) is 9.59 Å². The summed E-state index contributed by atoms with van der Waals surface area (Å²) in [5.41, 5.74) is 0. The van der Waals surface area contributed by atoms with Crippen LogP contribution in [0, 0.1) is 0 Å². The first kappa shape index (κ1) is 53.1. The Labute approximate surface area is 346 Å². The Kier molecular flexibility index (Phi) is 44.0. The third-order valence-electron chi connectivity index (χ3n) is 9.42. The molecule has 0 aromatic rings. The highest BCUT2D eigenvalue weighted by molar-refractivity contribution is 5.70. The van der Waals surface area contributed by atoms with Crippen LogP contribution in [0.1, 0.15) is 201 Å². The summed E-state index contributed by atoms with van der Waals surface area (Å²) in [7, 11) is 0. The molecule has 0 aliphatic heterocycles. The lowest BCUT2D eigenvalue weighted by Crippen LogP contribution is -2.30. The molecule has 0 saturated carbocycles. The largest absolute Gasteiger partial charge is 0.462 e. The van der Waals surface area contributed by atoms with Gasteiger partial charge in [-0.25, -0.2) is 0 Å². The summed E-state index contributed by atoms with van der Waals surface area (Å²) in [6.45, 7) is 7.57. The van der Waals surface area contributed by atoms with E-state index < -0.39 is 6.10 Å². The SMILES string of the molecule is CC/C=C\C/C=C\C/C=C\C/C=C\C/C=C\CCCC(=O)OCC(COCCCCCCCC)OC(=O)CCCCCCCCC/C=C\C/C=C\CCCCC. The number of esters is 2. The summed E-state index contributed by atoms with van der Waals surface area (Å²) in [5, 5.41) is 0. The molecule has 0 aromatic heterocycles. The molecule has 1 atom stereocenters. The Bertz CT molecular complexity index is 1060. The first-order valence-electron chi connectivity index (χ1n) is 23.1. The van der Waals surface area contributed by atoms with Gasteiger partial charge in [0, 0.05) is 19.4 Å². The first-order chi connectivity index (χ1) is 27.6. The molecule has 0 rings (SSSR count). The summed E-state index contributed by atoms with van der Waals surface area (Å²) in [6, 6.07) is 0. The molecule has 0 amide bonds. The summed E-state index contributed by atoms with van der Waals surface area (Å²) in [4.78, 5) is 25.2. The van der Waals surface area contributed by atoms with Crippen molar-refractivity contribution < 1.29 is 23.8 Å². The second-order valence-electron chi connectivity index (χ2n) is 14.9. The zero-order valence-corrected chi connectivity index (χ0v) is 36.6. The van der Waals surface area contributed by atoms with E-state index in [1.54, 1.807) is 0 Å². The Morgan fingerprint density at radius 3 is 1.38 bits per heavy atom. The molecule has 1 unspecified atom stereocenters. The molecule has 5 heteroatoms. The standard InChI is InChI=1S/C51H86O5/c1-4-7-10-13-16-18-20-22-24-26-28-30-32-34-36-38-41-44-50(52)55-48-49(47-54-46-43-40-15-12-9-6-3)56-51(53)45-42-39-37-35-33-31-29-27-25-23-21-19-17-14-11-8-5-2/h7,10,16-19,22-25,28,30,34,36,49H,4-6,8-9,11-15,20-21,26-27,29,31-33,35,37-48H2,1-3H3/b10-7-,18-16-,19-17-,24-22-,25-23-,30-28-,36-34-. The summed E-state index contributed by atoms with van der Waals surface area (Å²) in [5.74, 6) is -0.481. The van der Waals surface area contributed by atoms with E-state index in [2.05, 4.69) is 106 Å². The quantitative estimate of drug-likeness (QED) is 0.0351. The van der Waals surface area contributed by atoms with E-state index in [4.69, 9.17) is 14.2 Å². The van der Waals surface area contributed by atoms with E-state index in [-0.39, 0.29) is 25.2 Å². The molecule has 0 fully saturated rings. The predicted octanol–water partition coefficient (Wildman–Crippen LogP) is 15.3. The van der Waals surface area contributed by atoms with E-state index in [1.807, 2.05) is 0 Å². The molecule has 320 valence electrons. The van der Waals surface area contributed by atoms with Crippen LogP contribution in [0.25, 0.3) is 0 Å². The molecule has 0 aromatic carbocycles. The van der Waals surface area contributed by atoms with Crippen molar-refractivity contribution in [3.05, 3.63) is 85.1 Å². The first-order valence-corrected chi connectivity index (χ1v) is 23.1. The van der Waals surface area contributed by atoms with Gasteiger partial charge >= 0.3 is 11.9 Å². The van der Waals surface area contributed by atoms with Crippen LogP contribution < -0.4 is 0 Å². The molecule has 0 saturated heterocycles. The van der Waals surface area contributed by atoms with Gasteiger partial charge in [-0.2, -0.15) is 0 Å². The average Bonchev–Trinajstić information content (AvgIpc) is 3.20. The lowest BCUT2D eigenvalue weighted by Gasteiger charge is -2.18. The Morgan fingerprint density at radius 1 is 0.411 bits per heavy atom. The minimum absolute atomic E-state index is 0.0493. The number of carbonyl (C=O) groups excluding carboxylic acids is 2. The number of hydrogen-bond donors (Lipinski definition) is 0. The molecule has 0 spiro atoms. The van der Waals surface area contributed by atoms with Gasteiger partial charge in [0.15, 0.2) is 6.10 Å². The van der Waals surface area contributed by atoms with Crippen molar-refractivity contribution in [3.8, 4) is 0 Å². The van der Waals surface area contributed by atoms with Crippen molar-refractivity contribution in [2.24, 2.45) is 0 Å². The van der Waals surface area contributed by atoms with Crippen LogP contribution in [0.4, 0.5) is 0 Å². The number of carbonyl (C=O) groups is 2. The molecule has 0 aliphatic carbocycles. The molecule has 0 N–H and O–H groups in total. The molecule has 0 radical (unpaired) electrons. The number of rotatable bonds is 41. The van der Waals surface area contributed by atoms with Gasteiger partial charge in [0.05, 0.1) is 6.61 Å². The Balaban J connectivity index is 4.23. The van der Waals surface area contributed by atoms with Gasteiger partial charge in [-0.1, -0.05) is 183 Å². The highest BCUT2D eigenvalue weighted by Gasteiger charge is 2.17. The number of allylic oxidation sites excluding steroid dienone is 14. The zero-order chi connectivity index (χ0) is 40.7. The fraction of sp³-hybridized carbons (Fsp3) is 0.686. The third-order valence-corrected chi connectivity index (χ3v) is 9.42. The minimum atomic E-state index is -0.562. The predicted molar refractivity (Wildman–Crippen MR) is 242 cm³/mol. The monoisotopic (exact) mass is 779 g/mol. The maximum atomic E-state index is 12.7. The molecule has 0 heterocycles. The fourth-order valence-corrected chi connectivity index (χ4v) is 5.99. The van der Waals surface area contributed by atoms with Gasteiger partial charge in [0.2, 0.25) is 0 Å². The summed E-state index contributed by atoms with van der Waals surface area (Å²) >= 11 is 0. The topological polar surface area (TPSA) is 61.8 Å². The average molecular weight is 779 g/mol. The Hall–Kier alpha value is -2.92. The minimum Gasteiger partial charge on any atom is -0.462 e. The van der Waals surface area contributed by atoms with Crippen molar-refractivity contribution in [3.63, 3.8) is 0 Å². The highest BCUT2D eigenvalue weighted by atomic mass is 16.6. The number of hydrogen-bond acceptors (Lipinski definition) is 5. The van der Waals surface area contributed by atoms with Gasteiger partial charge in [0.1, 0.15) is 6.61 Å². The highest BCUT2D eigenvalue weighted by Crippen LogP contribution is 2.12. The van der Waals surface area contributed by atoms with Crippen LogP contribution in [0.3, 0.4) is 0 Å². The molecule has 5 nitrogen and oxygen atoms in total. The van der Waals surface area contributed by atoms with Crippen LogP contribution in [0.5, 0.6) is 0 Å². The second-order valence-corrected chi connectivity index (χ2v) is 14.9. The molecule has 0 aliphatic rings. The third kappa shape index (κ3) is 43.8. The van der Waals surface area contributed by atoms with Gasteiger partial charge in [-0.15, -0.1) is 0 Å². The molecular formula is C51H86O5. The van der Waals surface area contributed by atoms with Gasteiger partial charge in [0.25, 0.3) is 0 Å². The smallest absolute Gasteiger partial charge is 0.306 e. The van der Waals surface area contributed by atoms with Crippen LogP contribution in [0.15, 0.2) is 85.1 Å². The van der Waals surface area contributed by atoms with Crippen LogP contribution in [0.2, 0.25) is 0 Å². The fourth-order valence-electron chi connectivity index (χ4n) is 5.99. The van der Waals surface area contributed by atoms with E-state index >= 15 is 0 Å². The number of unbranched alkanes of at least 4 members (excludes halogenated alkanes) is 16. The van der Waals surface area contributed by atoms with Crippen molar-refractivity contribution in [2.45, 2.75) is 207 Å². The lowest BCUT2D eigenvalue weighted by molar-refractivity contribution is -0.163. The second kappa shape index (κ2) is 46.5. The van der Waals surface area contributed by atoms with E-state index in [0.717, 1.165) is 83.5 Å².